The van der Waals surface area contributed by atoms with Gasteiger partial charge in [-0.3, -0.25) is 4.79 Å². The number of hydrogen-bond acceptors (Lipinski definition) is 7. The molecule has 3 rings (SSSR count). The first kappa shape index (κ1) is 21.9. The van der Waals surface area contributed by atoms with Crippen molar-refractivity contribution in [2.24, 2.45) is 0 Å². The van der Waals surface area contributed by atoms with Gasteiger partial charge in [-0.15, -0.1) is 0 Å². The van der Waals surface area contributed by atoms with Gasteiger partial charge in [-0.1, -0.05) is 52.1 Å². The SMILES string of the molecule is COc1ccccc1NC(=O)Cc1noc(COC(=O)c2c(Cl)ccc(Cl)c2Cl)n1. The van der Waals surface area contributed by atoms with Crippen LogP contribution in [-0.4, -0.2) is 29.1 Å². The second kappa shape index (κ2) is 9.80. The molecule has 0 spiro atoms. The molecule has 0 aliphatic carbocycles. The van der Waals surface area contributed by atoms with E-state index in [1.807, 2.05) is 0 Å². The van der Waals surface area contributed by atoms with Gasteiger partial charge in [0.2, 0.25) is 5.91 Å². The third-order valence-electron chi connectivity index (χ3n) is 3.78. The molecule has 156 valence electrons. The molecular weight excluding hydrogens is 457 g/mol. The van der Waals surface area contributed by atoms with Gasteiger partial charge in [0, 0.05) is 0 Å². The van der Waals surface area contributed by atoms with Gasteiger partial charge in [-0.25, -0.2) is 4.79 Å². The van der Waals surface area contributed by atoms with Gasteiger partial charge in [0.25, 0.3) is 5.89 Å². The van der Waals surface area contributed by atoms with Gasteiger partial charge >= 0.3 is 5.97 Å². The number of carbonyl (C=O) groups excluding carboxylic acids is 2. The second-order valence-electron chi connectivity index (χ2n) is 5.82. The van der Waals surface area contributed by atoms with Crippen LogP contribution in [-0.2, 0) is 22.6 Å². The molecular formula is C19H14Cl3N3O5. The van der Waals surface area contributed by atoms with Crippen LogP contribution in [0.4, 0.5) is 5.69 Å². The summed E-state index contributed by atoms with van der Waals surface area (Å²) in [6, 6.07) is 9.85. The molecule has 1 amide bonds. The van der Waals surface area contributed by atoms with E-state index in [1.165, 1.54) is 19.2 Å². The maximum atomic E-state index is 12.2. The fourth-order valence-corrected chi connectivity index (χ4v) is 3.10. The lowest BCUT2D eigenvalue weighted by Crippen LogP contribution is -2.15. The third-order valence-corrected chi connectivity index (χ3v) is 4.90. The zero-order valence-electron chi connectivity index (χ0n) is 15.4. The molecule has 0 fully saturated rings. The maximum Gasteiger partial charge on any atom is 0.341 e. The van der Waals surface area contributed by atoms with Crippen LogP contribution < -0.4 is 10.1 Å². The minimum atomic E-state index is -0.804. The third kappa shape index (κ3) is 5.21. The van der Waals surface area contributed by atoms with Crippen molar-refractivity contribution < 1.29 is 23.6 Å². The van der Waals surface area contributed by atoms with Crippen molar-refractivity contribution in [1.82, 2.24) is 10.1 Å². The first-order chi connectivity index (χ1) is 14.4. The summed E-state index contributed by atoms with van der Waals surface area (Å²) in [5, 5.41) is 6.63. The van der Waals surface area contributed by atoms with Crippen LogP contribution in [0.2, 0.25) is 15.1 Å². The molecule has 1 heterocycles. The number of ether oxygens (including phenoxy) is 2. The first-order valence-electron chi connectivity index (χ1n) is 8.44. The van der Waals surface area contributed by atoms with Crippen molar-refractivity contribution in [3.8, 4) is 5.75 Å². The summed E-state index contributed by atoms with van der Waals surface area (Å²) >= 11 is 17.9. The van der Waals surface area contributed by atoms with Gasteiger partial charge in [0.1, 0.15) is 5.75 Å². The number of anilines is 1. The Morgan fingerprint density at radius 2 is 1.83 bits per heavy atom. The highest BCUT2D eigenvalue weighted by molar-refractivity contribution is 6.46. The molecule has 11 heteroatoms. The highest BCUT2D eigenvalue weighted by Crippen LogP contribution is 2.32. The summed E-state index contributed by atoms with van der Waals surface area (Å²) in [6.07, 6.45) is -0.151. The van der Waals surface area contributed by atoms with Gasteiger partial charge < -0.3 is 19.3 Å². The highest BCUT2D eigenvalue weighted by atomic mass is 35.5. The minimum Gasteiger partial charge on any atom is -0.495 e. The largest absolute Gasteiger partial charge is 0.495 e. The summed E-state index contributed by atoms with van der Waals surface area (Å²) in [7, 11) is 1.50. The molecule has 3 aromatic rings. The normalized spacial score (nSPS) is 10.5. The number of hydrogen-bond donors (Lipinski definition) is 1. The van der Waals surface area contributed by atoms with Crippen LogP contribution in [0.1, 0.15) is 22.1 Å². The van der Waals surface area contributed by atoms with Crippen molar-refractivity contribution in [2.75, 3.05) is 12.4 Å². The van der Waals surface area contributed by atoms with E-state index >= 15 is 0 Å². The van der Waals surface area contributed by atoms with Gasteiger partial charge in [0.15, 0.2) is 12.4 Å². The van der Waals surface area contributed by atoms with E-state index in [4.69, 9.17) is 48.8 Å². The predicted molar refractivity (Wildman–Crippen MR) is 110 cm³/mol. The minimum absolute atomic E-state index is 0.00212. The number of rotatable bonds is 7. The Bertz CT molecular complexity index is 1090. The van der Waals surface area contributed by atoms with Crippen molar-refractivity contribution in [1.29, 1.82) is 0 Å². The van der Waals surface area contributed by atoms with Gasteiger partial charge in [-0.05, 0) is 24.3 Å². The number of amides is 1. The number of methoxy groups -OCH3 is 1. The average Bonchev–Trinajstić information content (AvgIpc) is 3.17. The Hall–Kier alpha value is -2.81. The monoisotopic (exact) mass is 469 g/mol. The Kier molecular flexibility index (Phi) is 7.15. The number of para-hydroxylation sites is 2. The van der Waals surface area contributed by atoms with Crippen molar-refractivity contribution >= 4 is 52.4 Å². The predicted octanol–water partition coefficient (Wildman–Crippen LogP) is 4.58. The van der Waals surface area contributed by atoms with E-state index in [1.54, 1.807) is 24.3 Å². The maximum absolute atomic E-state index is 12.2. The number of carbonyl (C=O) groups is 2. The fraction of sp³-hybridized carbons (Fsp3) is 0.158. The molecule has 30 heavy (non-hydrogen) atoms. The topological polar surface area (TPSA) is 104 Å². The molecule has 0 saturated carbocycles. The Balaban J connectivity index is 1.58. The molecule has 1 aromatic heterocycles. The number of nitrogens with one attached hydrogen (secondary N) is 1. The van der Waals surface area contributed by atoms with E-state index in [0.717, 1.165) is 0 Å². The van der Waals surface area contributed by atoms with Crippen LogP contribution in [0.3, 0.4) is 0 Å². The first-order valence-corrected chi connectivity index (χ1v) is 9.57. The lowest BCUT2D eigenvalue weighted by molar-refractivity contribution is -0.115. The molecule has 1 N–H and O–H groups in total. The zero-order valence-corrected chi connectivity index (χ0v) is 17.7. The van der Waals surface area contributed by atoms with Crippen molar-refractivity contribution in [3.63, 3.8) is 0 Å². The Morgan fingerprint density at radius 3 is 2.60 bits per heavy atom. The molecule has 0 radical (unpaired) electrons. The molecule has 0 bridgehead atoms. The van der Waals surface area contributed by atoms with Gasteiger partial charge in [-0.2, -0.15) is 4.98 Å². The summed E-state index contributed by atoms with van der Waals surface area (Å²) in [5.41, 5.74) is 0.444. The standard InChI is InChI=1S/C19H14Cl3N3O5/c1-28-13-5-3-2-4-12(13)23-15(26)8-14-24-16(30-25-14)9-29-19(27)17-10(20)6-7-11(21)18(17)22/h2-7H,8-9H2,1H3,(H,23,26). The van der Waals surface area contributed by atoms with Crippen LogP contribution in [0, 0.1) is 0 Å². The lowest BCUT2D eigenvalue weighted by atomic mass is 10.2. The van der Waals surface area contributed by atoms with E-state index in [-0.39, 0.29) is 51.3 Å². The molecule has 8 nitrogen and oxygen atoms in total. The average molecular weight is 471 g/mol. The Morgan fingerprint density at radius 1 is 1.10 bits per heavy atom. The van der Waals surface area contributed by atoms with E-state index < -0.39 is 5.97 Å². The molecule has 0 atom stereocenters. The molecule has 0 unspecified atom stereocenters. The van der Waals surface area contributed by atoms with Crippen molar-refractivity contribution in [3.05, 3.63) is 68.7 Å². The summed E-state index contributed by atoms with van der Waals surface area (Å²) in [6.45, 7) is -0.334. The molecule has 2 aromatic carbocycles. The number of benzene rings is 2. The Labute approximate surface area is 186 Å². The molecule has 0 saturated heterocycles. The van der Waals surface area contributed by atoms with Crippen molar-refractivity contribution in [2.45, 2.75) is 13.0 Å². The number of nitrogens with zero attached hydrogens (tertiary/aromatic N) is 2. The number of esters is 1. The quantitative estimate of drug-likeness (QED) is 0.398. The van der Waals surface area contributed by atoms with Crippen LogP contribution in [0.5, 0.6) is 5.75 Å². The fourth-order valence-electron chi connectivity index (χ4n) is 2.42. The highest BCUT2D eigenvalue weighted by Gasteiger charge is 2.20. The summed E-state index contributed by atoms with van der Waals surface area (Å²) in [5.74, 6) is -0.544. The smallest absolute Gasteiger partial charge is 0.341 e. The number of aromatic nitrogens is 2. The summed E-state index contributed by atoms with van der Waals surface area (Å²) < 4.78 is 15.3. The van der Waals surface area contributed by atoms with E-state index in [0.29, 0.717) is 11.4 Å². The van der Waals surface area contributed by atoms with E-state index in [9.17, 15) is 9.59 Å². The van der Waals surface area contributed by atoms with E-state index in [2.05, 4.69) is 15.5 Å². The second-order valence-corrected chi connectivity index (χ2v) is 7.02. The zero-order chi connectivity index (χ0) is 21.7. The lowest BCUT2D eigenvalue weighted by Gasteiger charge is -2.08. The van der Waals surface area contributed by atoms with Crippen LogP contribution >= 0.6 is 34.8 Å². The van der Waals surface area contributed by atoms with Gasteiger partial charge in [0.05, 0.1) is 39.8 Å². The number of halogens is 3. The van der Waals surface area contributed by atoms with Crippen LogP contribution in [0.15, 0.2) is 40.9 Å². The van der Waals surface area contributed by atoms with Crippen LogP contribution in [0.25, 0.3) is 0 Å². The molecule has 0 aliphatic heterocycles. The summed E-state index contributed by atoms with van der Waals surface area (Å²) in [4.78, 5) is 28.5. The molecule has 0 aliphatic rings.